The summed E-state index contributed by atoms with van der Waals surface area (Å²) in [5.41, 5.74) is 3.69. The maximum atomic E-state index is 14.5. The number of hydrogen-bond donors (Lipinski definition) is 1. The Kier molecular flexibility index (Phi) is 4.12. The fraction of sp³-hybridized carbons (Fsp3) is 0.381. The van der Waals surface area contributed by atoms with Crippen LogP contribution in [0, 0.1) is 12.7 Å². The highest BCUT2D eigenvalue weighted by atomic mass is 19.1. The van der Waals surface area contributed by atoms with Gasteiger partial charge in [0.05, 0.1) is 42.0 Å². The minimum atomic E-state index is -0.216. The third-order valence-corrected chi connectivity index (χ3v) is 5.67. The number of aromatic nitrogens is 3. The molecule has 0 aliphatic carbocycles. The first-order chi connectivity index (χ1) is 13.6. The van der Waals surface area contributed by atoms with E-state index in [1.807, 2.05) is 19.2 Å². The number of nitrogens with zero attached hydrogens (tertiary/aromatic N) is 4. The van der Waals surface area contributed by atoms with Gasteiger partial charge in [0.1, 0.15) is 5.82 Å². The Bertz CT molecular complexity index is 1030. The van der Waals surface area contributed by atoms with E-state index in [2.05, 4.69) is 31.5 Å². The van der Waals surface area contributed by atoms with Crippen molar-refractivity contribution in [3.05, 3.63) is 53.6 Å². The molecule has 2 aromatic heterocycles. The van der Waals surface area contributed by atoms with E-state index in [9.17, 15) is 4.39 Å². The van der Waals surface area contributed by atoms with Crippen LogP contribution in [0.2, 0.25) is 0 Å². The summed E-state index contributed by atoms with van der Waals surface area (Å²) in [5, 5.41) is 12.5. The van der Waals surface area contributed by atoms with Crippen LogP contribution >= 0.6 is 0 Å². The predicted octanol–water partition coefficient (Wildman–Crippen LogP) is 3.62. The molecule has 3 fully saturated rings. The second kappa shape index (κ2) is 6.67. The summed E-state index contributed by atoms with van der Waals surface area (Å²) in [6.07, 6.45) is 5.32. The molecule has 2 bridgehead atoms. The van der Waals surface area contributed by atoms with Gasteiger partial charge in [-0.25, -0.2) is 9.37 Å². The Labute approximate surface area is 162 Å². The zero-order valence-corrected chi connectivity index (χ0v) is 15.9. The fourth-order valence-corrected chi connectivity index (χ4v) is 4.11. The summed E-state index contributed by atoms with van der Waals surface area (Å²) in [6.45, 7) is 5.49. The van der Waals surface area contributed by atoms with Crippen molar-refractivity contribution in [2.24, 2.45) is 0 Å². The van der Waals surface area contributed by atoms with Gasteiger partial charge in [0.25, 0.3) is 0 Å². The van der Waals surface area contributed by atoms with Crippen molar-refractivity contribution in [3.63, 3.8) is 0 Å². The van der Waals surface area contributed by atoms with Crippen molar-refractivity contribution in [2.75, 3.05) is 23.3 Å². The summed E-state index contributed by atoms with van der Waals surface area (Å²) in [7, 11) is 0. The van der Waals surface area contributed by atoms with Gasteiger partial charge in [-0.15, -0.1) is 5.10 Å². The molecule has 3 aromatic rings. The normalized spacial score (nSPS) is 22.0. The van der Waals surface area contributed by atoms with Crippen molar-refractivity contribution < 1.29 is 9.13 Å². The molecule has 0 radical (unpaired) electrons. The largest absolute Gasteiger partial charge is 0.377 e. The van der Waals surface area contributed by atoms with Gasteiger partial charge in [-0.2, -0.15) is 5.10 Å². The highest BCUT2D eigenvalue weighted by molar-refractivity contribution is 5.90. The molecule has 3 saturated heterocycles. The van der Waals surface area contributed by atoms with Crippen LogP contribution in [0.15, 0.2) is 36.7 Å². The van der Waals surface area contributed by atoms with E-state index in [-0.39, 0.29) is 11.9 Å². The first-order valence-electron chi connectivity index (χ1n) is 9.62. The Balaban J connectivity index is 1.47. The highest BCUT2D eigenvalue weighted by Crippen LogP contribution is 2.33. The molecule has 1 aromatic carbocycles. The predicted molar refractivity (Wildman–Crippen MR) is 106 cm³/mol. The van der Waals surface area contributed by atoms with E-state index in [4.69, 9.17) is 4.74 Å². The molecule has 6 nitrogen and oxygen atoms in total. The Morgan fingerprint density at radius 1 is 1.25 bits per heavy atom. The number of fused-ring (bicyclic) bond motifs is 3. The SMILES string of the molecule is Cc1cccc([C@@H](C)Nc2cnnc3ncc(N4CC5CC(C4)O5)cc23)c1F. The summed E-state index contributed by atoms with van der Waals surface area (Å²) >= 11 is 0. The molecule has 7 heteroatoms. The number of benzene rings is 1. The molecule has 3 aliphatic heterocycles. The fourth-order valence-electron chi connectivity index (χ4n) is 4.11. The lowest BCUT2D eigenvalue weighted by Gasteiger charge is -2.47. The van der Waals surface area contributed by atoms with Crippen LogP contribution in [0.3, 0.4) is 0 Å². The molecular formula is C21H22FN5O. The second-order valence-electron chi connectivity index (χ2n) is 7.69. The van der Waals surface area contributed by atoms with Crippen LogP contribution in [0.1, 0.15) is 30.5 Å². The van der Waals surface area contributed by atoms with Gasteiger partial charge in [-0.05, 0) is 25.5 Å². The van der Waals surface area contributed by atoms with E-state index in [1.54, 1.807) is 25.3 Å². The maximum absolute atomic E-state index is 14.5. The number of morpholine rings is 1. The zero-order valence-electron chi connectivity index (χ0n) is 15.9. The van der Waals surface area contributed by atoms with Crippen molar-refractivity contribution in [1.82, 2.24) is 15.2 Å². The topological polar surface area (TPSA) is 63.2 Å². The van der Waals surface area contributed by atoms with Crippen LogP contribution in [0.25, 0.3) is 11.0 Å². The standard InChI is InChI=1S/C21H22FN5O/c1-12-4-3-5-17(20(12)22)13(2)25-19-9-24-26-21-18(19)6-14(8-23-21)27-10-15-7-16(11-27)28-15/h3-6,8-9,13,15-16H,7,10-11H2,1-2H3,(H,23,25,26)/t13-,15?,16?/m1/s1. The first-order valence-corrected chi connectivity index (χ1v) is 9.62. The molecule has 1 N–H and O–H groups in total. The van der Waals surface area contributed by atoms with Crippen LogP contribution < -0.4 is 10.2 Å². The molecule has 2 unspecified atom stereocenters. The quantitative estimate of drug-likeness (QED) is 0.747. The number of ether oxygens (including phenoxy) is 1. The minimum absolute atomic E-state index is 0.180. The first kappa shape index (κ1) is 17.3. The maximum Gasteiger partial charge on any atom is 0.183 e. The van der Waals surface area contributed by atoms with Gasteiger partial charge in [0.2, 0.25) is 0 Å². The summed E-state index contributed by atoms with van der Waals surface area (Å²) < 4.78 is 20.2. The van der Waals surface area contributed by atoms with Crippen LogP contribution in [-0.2, 0) is 4.74 Å². The van der Waals surface area contributed by atoms with E-state index in [0.29, 0.717) is 29.0 Å². The van der Waals surface area contributed by atoms with Crippen molar-refractivity contribution in [2.45, 2.75) is 38.5 Å². The number of piperidine rings is 1. The molecule has 0 saturated carbocycles. The van der Waals surface area contributed by atoms with Gasteiger partial charge in [-0.1, -0.05) is 18.2 Å². The number of halogens is 1. The van der Waals surface area contributed by atoms with Crippen molar-refractivity contribution in [1.29, 1.82) is 0 Å². The number of nitrogens with one attached hydrogen (secondary N) is 1. The lowest BCUT2D eigenvalue weighted by Crippen LogP contribution is -2.57. The number of pyridine rings is 1. The lowest BCUT2D eigenvalue weighted by molar-refractivity contribution is -0.133. The average molecular weight is 379 g/mol. The average Bonchev–Trinajstić information content (AvgIpc) is 2.69. The van der Waals surface area contributed by atoms with E-state index in [1.165, 1.54) is 0 Å². The van der Waals surface area contributed by atoms with E-state index < -0.39 is 0 Å². The van der Waals surface area contributed by atoms with E-state index in [0.717, 1.165) is 36.3 Å². The van der Waals surface area contributed by atoms with Gasteiger partial charge in [-0.3, -0.25) is 0 Å². The minimum Gasteiger partial charge on any atom is -0.377 e. The third-order valence-electron chi connectivity index (χ3n) is 5.67. The van der Waals surface area contributed by atoms with Gasteiger partial charge < -0.3 is 15.0 Å². The second-order valence-corrected chi connectivity index (χ2v) is 7.69. The van der Waals surface area contributed by atoms with Gasteiger partial charge in [0.15, 0.2) is 5.65 Å². The molecule has 5 heterocycles. The van der Waals surface area contributed by atoms with Crippen LogP contribution in [0.4, 0.5) is 15.8 Å². The number of aryl methyl sites for hydroxylation is 1. The smallest absolute Gasteiger partial charge is 0.183 e. The molecule has 28 heavy (non-hydrogen) atoms. The molecule has 0 spiro atoms. The Morgan fingerprint density at radius 3 is 2.82 bits per heavy atom. The third kappa shape index (κ3) is 2.96. The van der Waals surface area contributed by atoms with Crippen molar-refractivity contribution >= 4 is 22.4 Å². The number of rotatable bonds is 4. The van der Waals surface area contributed by atoms with Crippen molar-refractivity contribution in [3.8, 4) is 0 Å². The van der Waals surface area contributed by atoms with Crippen LogP contribution in [0.5, 0.6) is 0 Å². The van der Waals surface area contributed by atoms with Gasteiger partial charge >= 0.3 is 0 Å². The lowest BCUT2D eigenvalue weighted by atomic mass is 9.98. The summed E-state index contributed by atoms with van der Waals surface area (Å²) in [4.78, 5) is 6.81. The van der Waals surface area contributed by atoms with Gasteiger partial charge in [0, 0.05) is 30.5 Å². The van der Waals surface area contributed by atoms with E-state index >= 15 is 0 Å². The highest BCUT2D eigenvalue weighted by Gasteiger charge is 2.38. The Hall–Kier alpha value is -2.80. The molecule has 6 rings (SSSR count). The molecule has 0 amide bonds. The number of hydrogen-bond acceptors (Lipinski definition) is 6. The number of anilines is 2. The molecular weight excluding hydrogens is 357 g/mol. The Morgan fingerprint density at radius 2 is 2.04 bits per heavy atom. The molecule has 144 valence electrons. The molecule has 3 aliphatic rings. The molecule has 3 atom stereocenters. The summed E-state index contributed by atoms with van der Waals surface area (Å²) in [5.74, 6) is -0.180. The zero-order chi connectivity index (χ0) is 19.3. The monoisotopic (exact) mass is 379 g/mol. The summed E-state index contributed by atoms with van der Waals surface area (Å²) in [6, 6.07) is 7.33. The van der Waals surface area contributed by atoms with Crippen LogP contribution in [-0.4, -0.2) is 40.5 Å².